The molecule has 2 aromatic rings. The maximum Gasteiger partial charge on any atom is 0.311 e. The topological polar surface area (TPSA) is 148 Å². The normalized spacial score (nSPS) is 12.3. The summed E-state index contributed by atoms with van der Waals surface area (Å²) in [5, 5.41) is 37.1. The van der Waals surface area contributed by atoms with Crippen LogP contribution in [0.3, 0.4) is 0 Å². The van der Waals surface area contributed by atoms with Crippen molar-refractivity contribution in [1.82, 2.24) is 0 Å². The molecule has 0 aliphatic heterocycles. The molecule has 10 nitrogen and oxygen atoms in total. The number of carbonyl (C=O) groups is 2. The molecule has 0 aliphatic carbocycles. The molecule has 4 N–H and O–H groups in total. The second-order valence-corrected chi connectivity index (χ2v) is 6.03. The molecule has 0 fully saturated rings. The molecule has 0 amide bonds. The van der Waals surface area contributed by atoms with E-state index >= 15 is 0 Å². The van der Waals surface area contributed by atoms with Crippen LogP contribution in [0.25, 0.3) is 0 Å². The van der Waals surface area contributed by atoms with Crippen molar-refractivity contribution in [3.05, 3.63) is 70.1 Å². The first-order chi connectivity index (χ1) is 14.3. The molecule has 2 atom stereocenters. The molecule has 2 unspecified atom stereocenters. The lowest BCUT2D eigenvalue weighted by Crippen LogP contribution is -2.99. The van der Waals surface area contributed by atoms with E-state index in [9.17, 15) is 20.0 Å². The van der Waals surface area contributed by atoms with E-state index < -0.39 is 22.4 Å². The predicted molar refractivity (Wildman–Crippen MR) is 102 cm³/mol. The zero-order valence-corrected chi connectivity index (χ0v) is 15.8. The van der Waals surface area contributed by atoms with Gasteiger partial charge in [0.25, 0.3) is 0 Å². The fourth-order valence-electron chi connectivity index (χ4n) is 2.30. The van der Waals surface area contributed by atoms with E-state index in [1.807, 2.05) is 0 Å². The maximum atomic E-state index is 11.7. The molecule has 0 aliphatic rings. The number of carbonyl (C=O) groups excluding carboxylic acids is 2. The number of esters is 2. The lowest BCUT2D eigenvalue weighted by atomic mass is 10.1. The number of ether oxygens (including phenoxy) is 2. The van der Waals surface area contributed by atoms with Gasteiger partial charge in [0, 0.05) is 24.3 Å². The number of hydrogen-bond donors (Lipinski definition) is 4. The highest BCUT2D eigenvalue weighted by Gasteiger charge is 2.07. The molecule has 2 aromatic carbocycles. The van der Waals surface area contributed by atoms with Gasteiger partial charge in [0.15, 0.2) is 24.6 Å². The Kier molecular flexibility index (Phi) is 8.92. The predicted octanol–water partition coefficient (Wildman–Crippen LogP) is -0.632. The van der Waals surface area contributed by atoms with Crippen molar-refractivity contribution in [2.24, 2.45) is 0 Å². The number of nitrogens with one attached hydrogen (secondary N) is 2. The molecule has 0 saturated heterocycles. The van der Waals surface area contributed by atoms with E-state index in [4.69, 9.17) is 19.9 Å². The molecule has 158 valence electrons. The molecule has 30 heavy (non-hydrogen) atoms. The molecule has 10 heteroatoms. The van der Waals surface area contributed by atoms with Crippen LogP contribution in [0.15, 0.2) is 48.5 Å². The minimum absolute atomic E-state index is 0.0166. The Morgan fingerprint density at radius 1 is 0.733 bits per heavy atom. The summed E-state index contributed by atoms with van der Waals surface area (Å²) in [6.45, 7) is -0.333. The van der Waals surface area contributed by atoms with Gasteiger partial charge in [-0.1, -0.05) is 36.1 Å². The Balaban J connectivity index is 1.64. The van der Waals surface area contributed by atoms with Crippen molar-refractivity contribution in [3.8, 4) is 11.8 Å². The van der Waals surface area contributed by atoms with Crippen LogP contribution in [0.4, 0.5) is 11.4 Å². The maximum absolute atomic E-state index is 11.7. The lowest BCUT2D eigenvalue weighted by molar-refractivity contribution is -0.991. The molecule has 0 spiro atoms. The monoisotopic (exact) mass is 416 g/mol. The standard InChI is InChI=1S/C20H20N2O8/c23-19(13-15-3-7-17(8-4-15)21(25)26)29-11-1-2-12-30-20(24)14-16-5-9-18(10-6-16)22(27)28/h3-10,21-22,25,27H,11-14H2. The zero-order chi connectivity index (χ0) is 21.9. The number of quaternary nitrogens is 2. The molecule has 0 bridgehead atoms. The van der Waals surface area contributed by atoms with Gasteiger partial charge in [-0.05, 0) is 11.1 Å². The van der Waals surface area contributed by atoms with E-state index in [0.29, 0.717) is 11.1 Å². The number of hydrogen-bond acceptors (Lipinski definition) is 8. The number of benzene rings is 2. The van der Waals surface area contributed by atoms with E-state index in [1.54, 1.807) is 0 Å². The van der Waals surface area contributed by atoms with Crippen molar-refractivity contribution in [1.29, 1.82) is 0 Å². The molecular weight excluding hydrogens is 396 g/mol. The quantitative estimate of drug-likeness (QED) is 0.253. The van der Waals surface area contributed by atoms with Gasteiger partial charge in [-0.15, -0.1) is 0 Å². The van der Waals surface area contributed by atoms with Crippen molar-refractivity contribution in [2.75, 3.05) is 13.2 Å². The Morgan fingerprint density at radius 3 is 1.37 bits per heavy atom. The third-order valence-electron chi connectivity index (χ3n) is 3.83. The average Bonchev–Trinajstić information content (AvgIpc) is 2.71. The molecule has 0 saturated carbocycles. The Bertz CT molecular complexity index is 826. The van der Waals surface area contributed by atoms with Gasteiger partial charge in [0.2, 0.25) is 0 Å². The van der Waals surface area contributed by atoms with Crippen LogP contribution in [-0.4, -0.2) is 35.6 Å². The SMILES string of the molecule is O=C(Cc1ccc([NH+]([O-])O)cc1)OCC#CCOC(=O)Cc1ccc([NH+]([O-])O)cc1. The van der Waals surface area contributed by atoms with Gasteiger partial charge in [0.05, 0.1) is 12.8 Å². The summed E-state index contributed by atoms with van der Waals surface area (Å²) in [7, 11) is 0. The second kappa shape index (κ2) is 11.6. The van der Waals surface area contributed by atoms with Crippen LogP contribution in [0, 0.1) is 22.3 Å². The summed E-state index contributed by atoms with van der Waals surface area (Å²) < 4.78 is 9.88. The summed E-state index contributed by atoms with van der Waals surface area (Å²) in [4.78, 5) is 23.4. The van der Waals surface area contributed by atoms with Crippen LogP contribution >= 0.6 is 0 Å². The van der Waals surface area contributed by atoms with Gasteiger partial charge >= 0.3 is 11.9 Å². The molecule has 2 rings (SSSR count). The molecule has 0 heterocycles. The highest BCUT2D eigenvalue weighted by molar-refractivity contribution is 5.73. The molecular formula is C20H20N2O8. The smallest absolute Gasteiger partial charge is 0.311 e. The van der Waals surface area contributed by atoms with Crippen LogP contribution in [0.2, 0.25) is 0 Å². The van der Waals surface area contributed by atoms with Crippen LogP contribution in [0.1, 0.15) is 11.1 Å². The summed E-state index contributed by atoms with van der Waals surface area (Å²) in [6.07, 6.45) is -0.0333. The van der Waals surface area contributed by atoms with Crippen molar-refractivity contribution in [2.45, 2.75) is 12.8 Å². The first-order valence-electron chi connectivity index (χ1n) is 8.76. The fraction of sp³-hybridized carbons (Fsp3) is 0.200. The largest absolute Gasteiger partial charge is 0.595 e. The summed E-state index contributed by atoms with van der Waals surface area (Å²) >= 11 is 0. The average molecular weight is 416 g/mol. The minimum Gasteiger partial charge on any atom is -0.595 e. The zero-order valence-electron chi connectivity index (χ0n) is 15.8. The third-order valence-corrected chi connectivity index (χ3v) is 3.83. The van der Waals surface area contributed by atoms with E-state index in [-0.39, 0.29) is 37.4 Å². The van der Waals surface area contributed by atoms with Gasteiger partial charge < -0.3 is 19.9 Å². The Morgan fingerprint density at radius 2 is 1.07 bits per heavy atom. The van der Waals surface area contributed by atoms with E-state index in [0.717, 1.165) is 0 Å². The molecule has 0 aromatic heterocycles. The van der Waals surface area contributed by atoms with Gasteiger partial charge in [0.1, 0.15) is 0 Å². The lowest BCUT2D eigenvalue weighted by Gasteiger charge is -2.11. The second-order valence-electron chi connectivity index (χ2n) is 6.03. The Labute approximate surface area is 171 Å². The highest BCUT2D eigenvalue weighted by Crippen LogP contribution is 2.07. The van der Waals surface area contributed by atoms with Crippen LogP contribution in [-0.2, 0) is 31.9 Å². The van der Waals surface area contributed by atoms with E-state index in [2.05, 4.69) is 11.8 Å². The number of rotatable bonds is 8. The summed E-state index contributed by atoms with van der Waals surface area (Å²) in [6, 6.07) is 11.7. The first-order valence-corrected chi connectivity index (χ1v) is 8.76. The van der Waals surface area contributed by atoms with Gasteiger partial charge in [-0.3, -0.25) is 9.59 Å². The van der Waals surface area contributed by atoms with Crippen molar-refractivity contribution < 1.29 is 39.9 Å². The van der Waals surface area contributed by atoms with Gasteiger partial charge in [-0.25, -0.2) is 10.4 Å². The Hall–Kier alpha value is -3.30. The van der Waals surface area contributed by atoms with Gasteiger partial charge in [-0.2, -0.15) is 10.5 Å². The van der Waals surface area contributed by atoms with Crippen molar-refractivity contribution >= 4 is 23.3 Å². The fourth-order valence-corrected chi connectivity index (χ4v) is 2.30. The first kappa shape index (κ1) is 23.0. The molecule has 0 radical (unpaired) electrons. The van der Waals surface area contributed by atoms with Crippen LogP contribution in [0.5, 0.6) is 0 Å². The van der Waals surface area contributed by atoms with E-state index in [1.165, 1.54) is 48.5 Å². The third kappa shape index (κ3) is 7.98. The summed E-state index contributed by atoms with van der Waals surface area (Å²) in [5.41, 5.74) is 1.49. The highest BCUT2D eigenvalue weighted by atomic mass is 16.8. The van der Waals surface area contributed by atoms with Crippen molar-refractivity contribution in [3.63, 3.8) is 0 Å². The summed E-state index contributed by atoms with van der Waals surface area (Å²) in [5.74, 6) is 4.07. The minimum atomic E-state index is -1.05. The van der Waals surface area contributed by atoms with Crippen LogP contribution < -0.4 is 10.5 Å².